The van der Waals surface area contributed by atoms with Crippen molar-refractivity contribution in [2.75, 3.05) is 0 Å². The molecule has 4 heteroatoms. The van der Waals surface area contributed by atoms with Crippen LogP contribution in [0.15, 0.2) is 41.7 Å². The van der Waals surface area contributed by atoms with Gasteiger partial charge in [-0.2, -0.15) is 0 Å². The van der Waals surface area contributed by atoms with E-state index < -0.39 is 11.6 Å². The summed E-state index contributed by atoms with van der Waals surface area (Å²) in [5.74, 6) is -1.48. The highest BCUT2D eigenvalue weighted by Gasteiger charge is 2.32. The maximum Gasteiger partial charge on any atom is 0.253 e. The molecule has 0 atom stereocenters. The first-order valence-electron chi connectivity index (χ1n) is 6.11. The zero-order chi connectivity index (χ0) is 14.0. The van der Waals surface area contributed by atoms with E-state index >= 15 is 0 Å². The zero-order valence-electron chi connectivity index (χ0n) is 10.9. The van der Waals surface area contributed by atoms with Gasteiger partial charge in [-0.1, -0.05) is 37.3 Å². The number of ketones is 2. The van der Waals surface area contributed by atoms with E-state index in [0.717, 1.165) is 12.1 Å². The fourth-order valence-electron chi connectivity index (χ4n) is 2.04. The van der Waals surface area contributed by atoms with Gasteiger partial charge in [-0.3, -0.25) is 9.59 Å². The molecule has 0 saturated carbocycles. The third-order valence-electron chi connectivity index (χ3n) is 2.93. The van der Waals surface area contributed by atoms with Crippen LogP contribution in [0.2, 0.25) is 0 Å². The summed E-state index contributed by atoms with van der Waals surface area (Å²) < 4.78 is 0. The number of Topliss-reactive ketones (excluding diaryl/α,β-unsaturated/α-hetero) is 2. The Morgan fingerprint density at radius 3 is 2.47 bits per heavy atom. The van der Waals surface area contributed by atoms with Crippen LogP contribution in [-0.4, -0.2) is 16.7 Å². The Kier molecular flexibility index (Phi) is 3.51. The number of aliphatic hydroxyl groups is 1. The van der Waals surface area contributed by atoms with Crippen molar-refractivity contribution in [2.24, 2.45) is 0 Å². The molecular weight excluding hydrogens is 242 g/mol. The minimum atomic E-state index is -0.708. The molecule has 0 bridgehead atoms. The Morgan fingerprint density at radius 1 is 1.21 bits per heavy atom. The molecule has 0 unspecified atom stereocenters. The number of hydrogen-bond donors (Lipinski definition) is 2. The molecule has 98 valence electrons. The Labute approximate surface area is 111 Å². The van der Waals surface area contributed by atoms with Crippen molar-refractivity contribution in [1.29, 1.82) is 0 Å². The molecule has 1 aliphatic carbocycles. The molecule has 1 aromatic carbocycles. The van der Waals surface area contributed by atoms with Gasteiger partial charge in [0, 0.05) is 16.8 Å². The van der Waals surface area contributed by atoms with Crippen molar-refractivity contribution in [3.05, 3.63) is 52.9 Å². The second-order valence-electron chi connectivity index (χ2n) is 4.35. The topological polar surface area (TPSA) is 66.4 Å². The van der Waals surface area contributed by atoms with Crippen molar-refractivity contribution in [2.45, 2.75) is 20.3 Å². The lowest BCUT2D eigenvalue weighted by atomic mass is 9.91. The number of carbonyl (C=O) groups is 2. The number of nitrogens with one attached hydrogen (secondary N) is 1. The monoisotopic (exact) mass is 257 g/mol. The molecule has 19 heavy (non-hydrogen) atoms. The molecule has 2 N–H and O–H groups in total. The van der Waals surface area contributed by atoms with Crippen LogP contribution < -0.4 is 5.32 Å². The Bertz CT molecular complexity index is 612. The van der Waals surface area contributed by atoms with E-state index in [0.29, 0.717) is 5.56 Å². The predicted molar refractivity (Wildman–Crippen MR) is 72.5 cm³/mol. The number of carbonyl (C=O) groups excluding carboxylic acids is 2. The Balaban J connectivity index is 2.51. The van der Waals surface area contributed by atoms with Crippen molar-refractivity contribution >= 4 is 17.3 Å². The fraction of sp³-hybridized carbons (Fsp3) is 0.200. The van der Waals surface area contributed by atoms with Gasteiger partial charge in [0.1, 0.15) is 5.70 Å². The second kappa shape index (κ2) is 5.10. The van der Waals surface area contributed by atoms with Crippen LogP contribution in [0.4, 0.5) is 0 Å². The number of rotatable bonds is 3. The lowest BCUT2D eigenvalue weighted by molar-refractivity contribution is -0.112. The first kappa shape index (κ1) is 13.1. The first-order valence-corrected chi connectivity index (χ1v) is 6.11. The van der Waals surface area contributed by atoms with Gasteiger partial charge in [0.05, 0.1) is 0 Å². The average molecular weight is 257 g/mol. The van der Waals surface area contributed by atoms with E-state index in [1.54, 1.807) is 25.1 Å². The molecule has 0 aromatic heterocycles. The molecule has 4 nitrogen and oxygen atoms in total. The van der Waals surface area contributed by atoms with Gasteiger partial charge in [0.15, 0.2) is 5.76 Å². The van der Waals surface area contributed by atoms with Gasteiger partial charge in [0.25, 0.3) is 5.78 Å². The summed E-state index contributed by atoms with van der Waals surface area (Å²) in [6, 6.07) is 6.54. The molecule has 0 aliphatic heterocycles. The molecule has 2 rings (SSSR count). The van der Waals surface area contributed by atoms with Crippen LogP contribution in [-0.2, 0) is 4.79 Å². The smallest absolute Gasteiger partial charge is 0.253 e. The third kappa shape index (κ3) is 2.29. The second-order valence-corrected chi connectivity index (χ2v) is 4.35. The number of hydrogen-bond acceptors (Lipinski definition) is 4. The molecule has 1 aromatic rings. The SMILES string of the molecule is CC/C=C(\C)NC1=C(O)c2ccccc2C(=O)C1=O. The molecule has 0 amide bonds. The predicted octanol–water partition coefficient (Wildman–Crippen LogP) is 2.58. The summed E-state index contributed by atoms with van der Waals surface area (Å²) in [4.78, 5) is 23.9. The van der Waals surface area contributed by atoms with Gasteiger partial charge in [-0.05, 0) is 13.3 Å². The molecule has 0 fully saturated rings. The minimum Gasteiger partial charge on any atom is -0.505 e. The average Bonchev–Trinajstić information content (AvgIpc) is 2.41. The van der Waals surface area contributed by atoms with E-state index in [2.05, 4.69) is 5.32 Å². The highest BCUT2D eigenvalue weighted by atomic mass is 16.3. The van der Waals surface area contributed by atoms with Gasteiger partial charge in [-0.25, -0.2) is 0 Å². The Hall–Kier alpha value is -2.36. The largest absolute Gasteiger partial charge is 0.505 e. The number of aliphatic hydroxyl groups excluding tert-OH is 1. The maximum atomic E-state index is 12.0. The molecule has 0 saturated heterocycles. The summed E-state index contributed by atoms with van der Waals surface area (Å²) in [7, 11) is 0. The van der Waals surface area contributed by atoms with Crippen LogP contribution in [0.5, 0.6) is 0 Å². The normalized spacial score (nSPS) is 15.6. The summed E-state index contributed by atoms with van der Waals surface area (Å²) in [5, 5.41) is 13.0. The van der Waals surface area contributed by atoms with Gasteiger partial charge >= 0.3 is 0 Å². The summed E-state index contributed by atoms with van der Waals surface area (Å²) in [6.45, 7) is 3.74. The third-order valence-corrected chi connectivity index (χ3v) is 2.93. The van der Waals surface area contributed by atoms with Crippen molar-refractivity contribution in [3.8, 4) is 0 Å². The zero-order valence-corrected chi connectivity index (χ0v) is 10.9. The standard InChI is InChI=1S/C15H15NO3/c1-3-6-9(2)16-12-13(17)10-7-4-5-8-11(10)14(18)15(12)19/h4-8,16-17H,3H2,1-2H3/b9-6+. The van der Waals surface area contributed by atoms with E-state index in [9.17, 15) is 14.7 Å². The van der Waals surface area contributed by atoms with Gasteiger partial charge in [0.2, 0.25) is 5.78 Å². The Morgan fingerprint density at radius 2 is 1.84 bits per heavy atom. The number of fused-ring (bicyclic) bond motifs is 1. The van der Waals surface area contributed by atoms with Gasteiger partial charge < -0.3 is 10.4 Å². The van der Waals surface area contributed by atoms with E-state index in [4.69, 9.17) is 0 Å². The number of allylic oxidation sites excluding steroid dienone is 3. The quantitative estimate of drug-likeness (QED) is 0.817. The summed E-state index contributed by atoms with van der Waals surface area (Å²) >= 11 is 0. The van der Waals surface area contributed by atoms with Crippen LogP contribution in [0.3, 0.4) is 0 Å². The number of benzene rings is 1. The lowest BCUT2D eigenvalue weighted by Gasteiger charge is -2.19. The van der Waals surface area contributed by atoms with Crippen LogP contribution >= 0.6 is 0 Å². The van der Waals surface area contributed by atoms with E-state index in [1.807, 2.05) is 13.0 Å². The van der Waals surface area contributed by atoms with Crippen molar-refractivity contribution in [3.63, 3.8) is 0 Å². The minimum absolute atomic E-state index is 0.0501. The van der Waals surface area contributed by atoms with Crippen molar-refractivity contribution in [1.82, 2.24) is 5.32 Å². The lowest BCUT2D eigenvalue weighted by Crippen LogP contribution is -2.31. The molecular formula is C15H15NO3. The van der Waals surface area contributed by atoms with Crippen LogP contribution in [0, 0.1) is 0 Å². The van der Waals surface area contributed by atoms with Gasteiger partial charge in [-0.15, -0.1) is 0 Å². The summed E-state index contributed by atoms with van der Waals surface area (Å²) in [6.07, 6.45) is 2.67. The van der Waals surface area contributed by atoms with Crippen molar-refractivity contribution < 1.29 is 14.7 Å². The molecule has 1 aliphatic rings. The molecule has 0 heterocycles. The van der Waals surface area contributed by atoms with Crippen LogP contribution in [0.25, 0.3) is 5.76 Å². The fourth-order valence-corrected chi connectivity index (χ4v) is 2.04. The highest BCUT2D eigenvalue weighted by Crippen LogP contribution is 2.26. The summed E-state index contributed by atoms with van der Waals surface area (Å²) in [5.41, 5.74) is 1.31. The van der Waals surface area contributed by atoms with E-state index in [-0.39, 0.29) is 17.0 Å². The first-order chi connectivity index (χ1) is 9.06. The molecule has 0 spiro atoms. The molecule has 0 radical (unpaired) electrons. The van der Waals surface area contributed by atoms with Crippen LogP contribution in [0.1, 0.15) is 36.2 Å². The highest BCUT2D eigenvalue weighted by molar-refractivity contribution is 6.52. The van der Waals surface area contributed by atoms with E-state index in [1.165, 1.54) is 6.07 Å². The maximum absolute atomic E-state index is 12.0.